The van der Waals surface area contributed by atoms with Crippen LogP contribution in [0.5, 0.6) is 0 Å². The number of carbonyl (C=O) groups is 1. The van der Waals surface area contributed by atoms with Crippen molar-refractivity contribution in [3.63, 3.8) is 0 Å². The molecule has 3 nitrogen and oxygen atoms in total. The summed E-state index contributed by atoms with van der Waals surface area (Å²) in [4.78, 5) is 12.5. The minimum absolute atomic E-state index is 0.119. The van der Waals surface area contributed by atoms with Crippen LogP contribution in [0.3, 0.4) is 0 Å². The Kier molecular flexibility index (Phi) is 5.15. The van der Waals surface area contributed by atoms with Crippen molar-refractivity contribution in [3.8, 4) is 0 Å². The standard InChI is InChI=1S/C15H19BrO3S/c1-10(17)11-3-4-13(12(16)7-11)20-9-15(5-6-15)8-14(18)19-2/h3-4,7,10,17H,5-6,8-9H2,1-2H3. The summed E-state index contributed by atoms with van der Waals surface area (Å²) in [7, 11) is 1.44. The van der Waals surface area contributed by atoms with Gasteiger partial charge in [0.2, 0.25) is 0 Å². The average Bonchev–Trinajstić information content (AvgIpc) is 3.17. The summed E-state index contributed by atoms with van der Waals surface area (Å²) in [5.41, 5.74) is 1.03. The lowest BCUT2D eigenvalue weighted by molar-refractivity contribution is -0.141. The highest BCUT2D eigenvalue weighted by Gasteiger charge is 2.44. The van der Waals surface area contributed by atoms with E-state index in [4.69, 9.17) is 4.74 Å². The number of hydrogen-bond donors (Lipinski definition) is 1. The van der Waals surface area contributed by atoms with Crippen molar-refractivity contribution in [1.29, 1.82) is 0 Å². The van der Waals surface area contributed by atoms with Crippen LogP contribution in [-0.2, 0) is 9.53 Å². The van der Waals surface area contributed by atoms with Gasteiger partial charge in [0, 0.05) is 15.1 Å². The molecular formula is C15H19BrO3S. The zero-order valence-corrected chi connectivity index (χ0v) is 14.1. The fourth-order valence-corrected chi connectivity index (χ4v) is 4.01. The van der Waals surface area contributed by atoms with E-state index < -0.39 is 6.10 Å². The zero-order chi connectivity index (χ0) is 14.8. The molecule has 110 valence electrons. The van der Waals surface area contributed by atoms with Crippen LogP contribution in [0, 0.1) is 5.41 Å². The number of aliphatic hydroxyl groups is 1. The summed E-state index contributed by atoms with van der Waals surface area (Å²) >= 11 is 5.30. The quantitative estimate of drug-likeness (QED) is 0.617. The van der Waals surface area contributed by atoms with Gasteiger partial charge in [0.25, 0.3) is 0 Å². The molecule has 1 N–H and O–H groups in total. The van der Waals surface area contributed by atoms with E-state index in [1.807, 2.05) is 18.2 Å². The monoisotopic (exact) mass is 358 g/mol. The number of hydrogen-bond acceptors (Lipinski definition) is 4. The lowest BCUT2D eigenvalue weighted by atomic mass is 10.1. The fourth-order valence-electron chi connectivity index (χ4n) is 2.05. The summed E-state index contributed by atoms with van der Waals surface area (Å²) in [6, 6.07) is 5.91. The highest BCUT2D eigenvalue weighted by atomic mass is 79.9. The van der Waals surface area contributed by atoms with Crippen molar-refractivity contribution in [2.24, 2.45) is 5.41 Å². The van der Waals surface area contributed by atoms with E-state index >= 15 is 0 Å². The molecule has 1 aliphatic rings. The van der Waals surface area contributed by atoms with E-state index in [1.165, 1.54) is 7.11 Å². The minimum atomic E-state index is -0.459. The number of thioether (sulfide) groups is 1. The van der Waals surface area contributed by atoms with Gasteiger partial charge in [-0.05, 0) is 58.8 Å². The number of benzene rings is 1. The fraction of sp³-hybridized carbons (Fsp3) is 0.533. The first-order valence-electron chi connectivity index (χ1n) is 6.63. The van der Waals surface area contributed by atoms with Crippen molar-refractivity contribution in [1.82, 2.24) is 0 Å². The van der Waals surface area contributed by atoms with Gasteiger partial charge >= 0.3 is 5.97 Å². The molecule has 1 aromatic carbocycles. The number of esters is 1. The molecule has 1 saturated carbocycles. The molecule has 0 spiro atoms. The molecule has 1 fully saturated rings. The predicted molar refractivity (Wildman–Crippen MR) is 83.8 cm³/mol. The maximum absolute atomic E-state index is 11.4. The maximum atomic E-state index is 11.4. The molecule has 20 heavy (non-hydrogen) atoms. The Morgan fingerprint density at radius 3 is 2.75 bits per heavy atom. The van der Waals surface area contributed by atoms with Crippen LogP contribution in [0.4, 0.5) is 0 Å². The first-order chi connectivity index (χ1) is 9.46. The van der Waals surface area contributed by atoms with Gasteiger partial charge in [0.15, 0.2) is 0 Å². The Morgan fingerprint density at radius 1 is 1.55 bits per heavy atom. The molecule has 0 heterocycles. The smallest absolute Gasteiger partial charge is 0.306 e. The van der Waals surface area contributed by atoms with E-state index in [0.717, 1.165) is 33.5 Å². The molecule has 0 radical (unpaired) electrons. The van der Waals surface area contributed by atoms with Gasteiger partial charge in [-0.25, -0.2) is 0 Å². The molecule has 0 saturated heterocycles. The van der Waals surface area contributed by atoms with Crippen molar-refractivity contribution in [2.45, 2.75) is 37.2 Å². The van der Waals surface area contributed by atoms with Crippen LogP contribution in [0.1, 0.15) is 37.9 Å². The minimum Gasteiger partial charge on any atom is -0.469 e. The van der Waals surface area contributed by atoms with Crippen LogP contribution < -0.4 is 0 Å². The molecule has 1 aromatic rings. The molecule has 0 amide bonds. The molecule has 5 heteroatoms. The van der Waals surface area contributed by atoms with Gasteiger partial charge in [0.05, 0.1) is 19.6 Å². The first kappa shape index (κ1) is 15.9. The van der Waals surface area contributed by atoms with Crippen molar-refractivity contribution >= 4 is 33.7 Å². The lowest BCUT2D eigenvalue weighted by Gasteiger charge is -2.14. The molecule has 0 aliphatic heterocycles. The highest BCUT2D eigenvalue weighted by molar-refractivity contribution is 9.10. The maximum Gasteiger partial charge on any atom is 0.306 e. The van der Waals surface area contributed by atoms with Gasteiger partial charge in [-0.2, -0.15) is 0 Å². The van der Waals surface area contributed by atoms with Gasteiger partial charge < -0.3 is 9.84 Å². The second-order valence-corrected chi connectivity index (χ2v) is 7.28. The van der Waals surface area contributed by atoms with Crippen LogP contribution >= 0.6 is 27.7 Å². The van der Waals surface area contributed by atoms with E-state index in [2.05, 4.69) is 15.9 Å². The molecule has 2 rings (SSSR count). The topological polar surface area (TPSA) is 46.5 Å². The van der Waals surface area contributed by atoms with Crippen LogP contribution in [0.25, 0.3) is 0 Å². The largest absolute Gasteiger partial charge is 0.469 e. The molecular weight excluding hydrogens is 340 g/mol. The Labute approximate surface area is 132 Å². The summed E-state index contributed by atoms with van der Waals surface area (Å²) in [5, 5.41) is 9.56. The zero-order valence-electron chi connectivity index (χ0n) is 11.7. The van der Waals surface area contributed by atoms with Crippen LogP contribution in [-0.4, -0.2) is 23.9 Å². The number of rotatable bonds is 6. The first-order valence-corrected chi connectivity index (χ1v) is 8.41. The molecule has 1 aliphatic carbocycles. The molecule has 0 aromatic heterocycles. The molecule has 1 unspecified atom stereocenters. The van der Waals surface area contributed by atoms with E-state index in [1.54, 1.807) is 18.7 Å². The third-order valence-electron chi connectivity index (χ3n) is 3.68. The molecule has 0 bridgehead atoms. The summed E-state index contributed by atoms with van der Waals surface area (Å²) in [6.45, 7) is 1.75. The Morgan fingerprint density at radius 2 is 2.25 bits per heavy atom. The van der Waals surface area contributed by atoms with Crippen LogP contribution in [0.2, 0.25) is 0 Å². The summed E-state index contributed by atoms with van der Waals surface area (Å²) in [6.07, 6.45) is 2.25. The second-order valence-electron chi connectivity index (χ2n) is 5.41. The highest BCUT2D eigenvalue weighted by Crippen LogP contribution is 2.52. The van der Waals surface area contributed by atoms with Crippen molar-refractivity contribution in [2.75, 3.05) is 12.9 Å². The number of halogens is 1. The summed E-state index contributed by atoms with van der Waals surface area (Å²) in [5.74, 6) is 0.806. The predicted octanol–water partition coefficient (Wildman–Crippen LogP) is 3.94. The third-order valence-corrected chi connectivity index (χ3v) is 6.02. The number of methoxy groups -OCH3 is 1. The average molecular weight is 359 g/mol. The van der Waals surface area contributed by atoms with E-state index in [9.17, 15) is 9.90 Å². The Hall–Kier alpha value is -0.520. The van der Waals surface area contributed by atoms with Gasteiger partial charge in [-0.1, -0.05) is 6.07 Å². The second kappa shape index (κ2) is 6.50. The number of ether oxygens (including phenoxy) is 1. The number of carbonyl (C=O) groups excluding carboxylic acids is 1. The molecule has 1 atom stereocenters. The van der Waals surface area contributed by atoms with Crippen LogP contribution in [0.15, 0.2) is 27.6 Å². The Bertz CT molecular complexity index is 498. The Balaban J connectivity index is 1.96. The number of aliphatic hydroxyl groups excluding tert-OH is 1. The van der Waals surface area contributed by atoms with Crippen molar-refractivity contribution < 1.29 is 14.6 Å². The lowest BCUT2D eigenvalue weighted by Crippen LogP contribution is -2.13. The van der Waals surface area contributed by atoms with Gasteiger partial charge in [0.1, 0.15) is 0 Å². The van der Waals surface area contributed by atoms with Gasteiger partial charge in [-0.3, -0.25) is 4.79 Å². The SMILES string of the molecule is COC(=O)CC1(CSc2ccc(C(C)O)cc2Br)CC1. The van der Waals surface area contributed by atoms with Gasteiger partial charge in [-0.15, -0.1) is 11.8 Å². The normalized spacial score (nSPS) is 17.6. The van der Waals surface area contributed by atoms with E-state index in [-0.39, 0.29) is 11.4 Å². The summed E-state index contributed by atoms with van der Waals surface area (Å²) < 4.78 is 5.75. The van der Waals surface area contributed by atoms with Crippen molar-refractivity contribution in [3.05, 3.63) is 28.2 Å². The van der Waals surface area contributed by atoms with E-state index in [0.29, 0.717) is 6.42 Å². The third kappa shape index (κ3) is 3.99.